The van der Waals surface area contributed by atoms with Crippen LogP contribution in [0.15, 0.2) is 47.1 Å². The molecule has 1 heterocycles. The molecule has 1 saturated carbocycles. The topological polar surface area (TPSA) is 91.7 Å². The summed E-state index contributed by atoms with van der Waals surface area (Å²) in [6.07, 6.45) is 5.60. The maximum Gasteiger partial charge on any atom is 0.291 e. The molecule has 7 heteroatoms. The average molecular weight is 412 g/mol. The maximum atomic E-state index is 13.2. The molecule has 3 rings (SSSR count). The standard InChI is InChI=1S/C23H29N3O4/c1-3-26(4-2)22(29)23(13-6-5-7-14-23)25-20(27)17-10-8-11-18(16-17)24-21(28)19-12-9-15-30-19/h8-12,15-16H,3-7,13-14H2,1-2H3,(H,24,28)(H,25,27). The zero-order valence-electron chi connectivity index (χ0n) is 17.6. The first-order valence-corrected chi connectivity index (χ1v) is 10.6. The van der Waals surface area contributed by atoms with Crippen molar-refractivity contribution in [1.29, 1.82) is 0 Å². The highest BCUT2D eigenvalue weighted by atomic mass is 16.3. The van der Waals surface area contributed by atoms with Gasteiger partial charge < -0.3 is 20.0 Å². The van der Waals surface area contributed by atoms with Crippen LogP contribution in [0.5, 0.6) is 0 Å². The number of benzene rings is 1. The van der Waals surface area contributed by atoms with Crippen LogP contribution in [-0.4, -0.2) is 41.2 Å². The van der Waals surface area contributed by atoms with Crippen molar-refractivity contribution in [2.75, 3.05) is 18.4 Å². The van der Waals surface area contributed by atoms with Gasteiger partial charge in [-0.15, -0.1) is 0 Å². The lowest BCUT2D eigenvalue weighted by Gasteiger charge is -2.40. The van der Waals surface area contributed by atoms with E-state index in [9.17, 15) is 14.4 Å². The number of anilines is 1. The summed E-state index contributed by atoms with van der Waals surface area (Å²) in [5, 5.41) is 5.77. The van der Waals surface area contributed by atoms with Gasteiger partial charge in [-0.1, -0.05) is 25.3 Å². The molecule has 0 radical (unpaired) electrons. The normalized spacial score (nSPS) is 15.3. The van der Waals surface area contributed by atoms with Gasteiger partial charge in [-0.3, -0.25) is 14.4 Å². The minimum absolute atomic E-state index is 0.0113. The van der Waals surface area contributed by atoms with E-state index < -0.39 is 11.4 Å². The van der Waals surface area contributed by atoms with Crippen molar-refractivity contribution in [1.82, 2.24) is 10.2 Å². The molecule has 7 nitrogen and oxygen atoms in total. The number of carbonyl (C=O) groups is 3. The van der Waals surface area contributed by atoms with Crippen molar-refractivity contribution >= 4 is 23.4 Å². The first kappa shape index (κ1) is 21.6. The van der Waals surface area contributed by atoms with E-state index in [1.165, 1.54) is 6.26 Å². The molecule has 1 aromatic carbocycles. The van der Waals surface area contributed by atoms with E-state index in [1.807, 2.05) is 13.8 Å². The fraction of sp³-hybridized carbons (Fsp3) is 0.435. The molecule has 0 bridgehead atoms. The van der Waals surface area contributed by atoms with Gasteiger partial charge >= 0.3 is 0 Å². The molecule has 1 aliphatic rings. The summed E-state index contributed by atoms with van der Waals surface area (Å²) in [5.74, 6) is -0.525. The van der Waals surface area contributed by atoms with Crippen LogP contribution in [0.4, 0.5) is 5.69 Å². The number of furan rings is 1. The molecular formula is C23H29N3O4. The lowest BCUT2D eigenvalue weighted by Crippen LogP contribution is -2.60. The molecule has 0 atom stereocenters. The van der Waals surface area contributed by atoms with Crippen LogP contribution >= 0.6 is 0 Å². The molecule has 1 aromatic heterocycles. The number of amides is 3. The van der Waals surface area contributed by atoms with Gasteiger partial charge in [-0.05, 0) is 57.0 Å². The third kappa shape index (κ3) is 4.72. The van der Waals surface area contributed by atoms with Gasteiger partial charge in [0.1, 0.15) is 5.54 Å². The first-order valence-electron chi connectivity index (χ1n) is 10.6. The number of carbonyl (C=O) groups excluding carboxylic acids is 3. The first-order chi connectivity index (χ1) is 14.5. The molecule has 0 saturated heterocycles. The minimum atomic E-state index is -0.866. The van der Waals surface area contributed by atoms with Crippen LogP contribution in [0.3, 0.4) is 0 Å². The largest absolute Gasteiger partial charge is 0.459 e. The number of hydrogen-bond donors (Lipinski definition) is 2. The Balaban J connectivity index is 1.77. The Labute approximate surface area is 176 Å². The zero-order valence-corrected chi connectivity index (χ0v) is 17.6. The minimum Gasteiger partial charge on any atom is -0.459 e. The highest BCUT2D eigenvalue weighted by Crippen LogP contribution is 2.30. The van der Waals surface area contributed by atoms with Crippen LogP contribution < -0.4 is 10.6 Å². The van der Waals surface area contributed by atoms with Crippen molar-refractivity contribution in [3.63, 3.8) is 0 Å². The quantitative estimate of drug-likeness (QED) is 0.724. The molecule has 2 N–H and O–H groups in total. The van der Waals surface area contributed by atoms with E-state index in [2.05, 4.69) is 10.6 Å². The van der Waals surface area contributed by atoms with Crippen LogP contribution in [-0.2, 0) is 4.79 Å². The Bertz CT molecular complexity index is 882. The summed E-state index contributed by atoms with van der Waals surface area (Å²) >= 11 is 0. The van der Waals surface area contributed by atoms with Gasteiger partial charge in [0.15, 0.2) is 5.76 Å². The van der Waals surface area contributed by atoms with E-state index in [4.69, 9.17) is 4.42 Å². The Morgan fingerprint density at radius 1 is 1.00 bits per heavy atom. The summed E-state index contributed by atoms with van der Waals surface area (Å²) < 4.78 is 5.10. The van der Waals surface area contributed by atoms with Gasteiger partial charge in [0.05, 0.1) is 6.26 Å². The van der Waals surface area contributed by atoms with Gasteiger partial charge in [0, 0.05) is 24.3 Å². The predicted molar refractivity (Wildman–Crippen MR) is 114 cm³/mol. The number of hydrogen-bond acceptors (Lipinski definition) is 4. The van der Waals surface area contributed by atoms with Gasteiger partial charge in [-0.25, -0.2) is 0 Å². The third-order valence-electron chi connectivity index (χ3n) is 5.65. The van der Waals surface area contributed by atoms with Crippen LogP contribution in [0.25, 0.3) is 0 Å². The Hall–Kier alpha value is -3.09. The second-order valence-corrected chi connectivity index (χ2v) is 7.59. The summed E-state index contributed by atoms with van der Waals surface area (Å²) in [7, 11) is 0. The fourth-order valence-electron chi connectivity index (χ4n) is 3.99. The van der Waals surface area contributed by atoms with Crippen molar-refractivity contribution < 1.29 is 18.8 Å². The highest BCUT2D eigenvalue weighted by Gasteiger charge is 2.42. The van der Waals surface area contributed by atoms with Crippen molar-refractivity contribution in [3.05, 3.63) is 54.0 Å². The van der Waals surface area contributed by atoms with Gasteiger partial charge in [0.25, 0.3) is 11.8 Å². The van der Waals surface area contributed by atoms with Gasteiger partial charge in [0.2, 0.25) is 5.91 Å². The molecule has 0 aliphatic heterocycles. The second kappa shape index (κ2) is 9.61. The average Bonchev–Trinajstić information content (AvgIpc) is 3.30. The second-order valence-electron chi connectivity index (χ2n) is 7.59. The van der Waals surface area contributed by atoms with Gasteiger partial charge in [-0.2, -0.15) is 0 Å². The van der Waals surface area contributed by atoms with E-state index in [0.717, 1.165) is 19.3 Å². The predicted octanol–water partition coefficient (Wildman–Crippen LogP) is 3.83. The molecule has 1 aliphatic carbocycles. The van der Waals surface area contributed by atoms with Crippen LogP contribution in [0.2, 0.25) is 0 Å². The molecule has 3 amide bonds. The number of rotatable bonds is 7. The number of nitrogens with one attached hydrogen (secondary N) is 2. The van der Waals surface area contributed by atoms with E-state index in [-0.39, 0.29) is 17.6 Å². The number of likely N-dealkylation sites (N-methyl/N-ethyl adjacent to an activating group) is 1. The summed E-state index contributed by atoms with van der Waals surface area (Å²) in [6.45, 7) is 5.12. The third-order valence-corrected chi connectivity index (χ3v) is 5.65. The van der Waals surface area contributed by atoms with Crippen LogP contribution in [0, 0.1) is 0 Å². The molecule has 2 aromatic rings. The molecular weight excluding hydrogens is 382 g/mol. The van der Waals surface area contributed by atoms with E-state index in [1.54, 1.807) is 41.3 Å². The van der Waals surface area contributed by atoms with E-state index in [0.29, 0.717) is 37.2 Å². The Morgan fingerprint density at radius 3 is 2.37 bits per heavy atom. The Morgan fingerprint density at radius 2 is 1.73 bits per heavy atom. The summed E-state index contributed by atoms with van der Waals surface area (Å²) in [6, 6.07) is 9.89. The van der Waals surface area contributed by atoms with Crippen molar-refractivity contribution in [2.45, 2.75) is 51.5 Å². The molecule has 30 heavy (non-hydrogen) atoms. The highest BCUT2D eigenvalue weighted by molar-refractivity contribution is 6.04. The lowest BCUT2D eigenvalue weighted by molar-refractivity contribution is -0.139. The monoisotopic (exact) mass is 411 g/mol. The van der Waals surface area contributed by atoms with E-state index >= 15 is 0 Å². The number of nitrogens with zero attached hydrogens (tertiary/aromatic N) is 1. The SMILES string of the molecule is CCN(CC)C(=O)C1(NC(=O)c2cccc(NC(=O)c3ccco3)c2)CCCCC1. The summed E-state index contributed by atoms with van der Waals surface area (Å²) in [5.41, 5.74) is 0.00996. The molecule has 0 spiro atoms. The zero-order chi connectivity index (χ0) is 21.6. The van der Waals surface area contributed by atoms with Crippen molar-refractivity contribution in [2.24, 2.45) is 0 Å². The van der Waals surface area contributed by atoms with Crippen molar-refractivity contribution in [3.8, 4) is 0 Å². The maximum absolute atomic E-state index is 13.2. The summed E-state index contributed by atoms with van der Waals surface area (Å²) in [4.78, 5) is 40.3. The molecule has 0 unspecified atom stereocenters. The molecule has 1 fully saturated rings. The Kier molecular flexibility index (Phi) is 6.92. The fourth-order valence-corrected chi connectivity index (χ4v) is 3.99. The lowest BCUT2D eigenvalue weighted by atomic mass is 9.80. The smallest absolute Gasteiger partial charge is 0.291 e. The van der Waals surface area contributed by atoms with Crippen LogP contribution in [0.1, 0.15) is 66.9 Å². The molecule has 160 valence electrons.